The van der Waals surface area contributed by atoms with Gasteiger partial charge in [-0.15, -0.1) is 0 Å². The van der Waals surface area contributed by atoms with Gasteiger partial charge >= 0.3 is 5.97 Å². The maximum absolute atomic E-state index is 12.7. The number of ether oxygens (including phenoxy) is 2. The van der Waals surface area contributed by atoms with E-state index < -0.39 is 5.97 Å². The molecule has 1 aromatic carbocycles. The second kappa shape index (κ2) is 8.40. The van der Waals surface area contributed by atoms with E-state index in [0.29, 0.717) is 22.5 Å². The van der Waals surface area contributed by atoms with Crippen LogP contribution in [-0.4, -0.2) is 30.6 Å². The number of methoxy groups -OCH3 is 1. The van der Waals surface area contributed by atoms with E-state index in [1.54, 1.807) is 27.9 Å². The summed E-state index contributed by atoms with van der Waals surface area (Å²) >= 11 is 3.45. The molecule has 0 saturated carbocycles. The van der Waals surface area contributed by atoms with Crippen molar-refractivity contribution in [2.24, 2.45) is 0 Å². The largest absolute Gasteiger partial charge is 0.496 e. The SMILES string of the molecule is CCOC(=O)c1c(C)[nH]c(C(=O)NC(C)c2ccc(OC)c(Br)c2)c1C. The summed E-state index contributed by atoms with van der Waals surface area (Å²) in [7, 11) is 1.60. The van der Waals surface area contributed by atoms with Crippen molar-refractivity contribution >= 4 is 27.8 Å². The topological polar surface area (TPSA) is 80.4 Å². The maximum atomic E-state index is 12.7. The van der Waals surface area contributed by atoms with E-state index in [1.165, 1.54) is 0 Å². The monoisotopic (exact) mass is 422 g/mol. The lowest BCUT2D eigenvalue weighted by Crippen LogP contribution is -2.27. The number of hydrogen-bond acceptors (Lipinski definition) is 4. The average molecular weight is 423 g/mol. The highest BCUT2D eigenvalue weighted by molar-refractivity contribution is 9.10. The number of amides is 1. The van der Waals surface area contributed by atoms with Crippen LogP contribution in [0.5, 0.6) is 5.75 Å². The third-order valence-electron chi connectivity index (χ3n) is 4.17. The maximum Gasteiger partial charge on any atom is 0.340 e. The van der Waals surface area contributed by atoms with E-state index >= 15 is 0 Å². The average Bonchev–Trinajstić information content (AvgIpc) is 2.89. The van der Waals surface area contributed by atoms with Crippen LogP contribution in [0.3, 0.4) is 0 Å². The number of benzene rings is 1. The second-order valence-electron chi connectivity index (χ2n) is 5.93. The Hall–Kier alpha value is -2.28. The van der Waals surface area contributed by atoms with Crippen LogP contribution < -0.4 is 10.1 Å². The lowest BCUT2D eigenvalue weighted by molar-refractivity contribution is 0.0525. The molecule has 6 nitrogen and oxygen atoms in total. The molecule has 0 saturated heterocycles. The minimum atomic E-state index is -0.426. The van der Waals surface area contributed by atoms with Crippen LogP contribution in [0.25, 0.3) is 0 Å². The van der Waals surface area contributed by atoms with Crippen LogP contribution in [0.1, 0.15) is 57.6 Å². The number of hydrogen-bond donors (Lipinski definition) is 2. The quantitative estimate of drug-likeness (QED) is 0.687. The molecule has 1 unspecified atom stereocenters. The molecule has 0 aliphatic rings. The van der Waals surface area contributed by atoms with Gasteiger partial charge in [-0.05, 0) is 66.9 Å². The van der Waals surface area contributed by atoms with Crippen molar-refractivity contribution in [2.45, 2.75) is 33.7 Å². The molecular formula is C19H23BrN2O4. The summed E-state index contributed by atoms with van der Waals surface area (Å²) in [6.07, 6.45) is 0. The number of carbonyl (C=O) groups is 2. The number of carbonyl (C=O) groups excluding carboxylic acids is 2. The molecule has 1 heterocycles. The number of rotatable bonds is 6. The minimum absolute atomic E-state index is 0.223. The van der Waals surface area contributed by atoms with Gasteiger partial charge in [-0.1, -0.05) is 6.07 Å². The van der Waals surface area contributed by atoms with Gasteiger partial charge in [0.2, 0.25) is 0 Å². The Balaban J connectivity index is 2.21. The molecule has 26 heavy (non-hydrogen) atoms. The number of aromatic nitrogens is 1. The molecule has 0 fully saturated rings. The van der Waals surface area contributed by atoms with Gasteiger partial charge in [-0.2, -0.15) is 0 Å². The summed E-state index contributed by atoms with van der Waals surface area (Å²) in [5.41, 5.74) is 2.91. The second-order valence-corrected chi connectivity index (χ2v) is 6.79. The third kappa shape index (κ3) is 4.09. The fraction of sp³-hybridized carbons (Fsp3) is 0.368. The van der Waals surface area contributed by atoms with Gasteiger partial charge in [-0.3, -0.25) is 4.79 Å². The number of nitrogens with one attached hydrogen (secondary N) is 2. The van der Waals surface area contributed by atoms with Crippen LogP contribution in [0.2, 0.25) is 0 Å². The minimum Gasteiger partial charge on any atom is -0.496 e. The van der Waals surface area contributed by atoms with Crippen LogP contribution in [0, 0.1) is 13.8 Å². The highest BCUT2D eigenvalue weighted by atomic mass is 79.9. The molecule has 1 atom stereocenters. The van der Waals surface area contributed by atoms with Crippen molar-refractivity contribution in [2.75, 3.05) is 13.7 Å². The summed E-state index contributed by atoms with van der Waals surface area (Å²) < 4.78 is 11.1. The first-order chi connectivity index (χ1) is 12.3. The summed E-state index contributed by atoms with van der Waals surface area (Å²) in [5, 5.41) is 2.95. The van der Waals surface area contributed by atoms with Gasteiger partial charge in [0.1, 0.15) is 11.4 Å². The lowest BCUT2D eigenvalue weighted by Gasteiger charge is -2.15. The van der Waals surface area contributed by atoms with Gasteiger partial charge < -0.3 is 19.8 Å². The first kappa shape index (κ1) is 20.0. The molecule has 1 aromatic heterocycles. The molecular weight excluding hydrogens is 400 g/mol. The Labute approximate surface area is 161 Å². The number of halogens is 1. The van der Waals surface area contributed by atoms with Gasteiger partial charge in [0.25, 0.3) is 5.91 Å². The van der Waals surface area contributed by atoms with E-state index in [2.05, 4.69) is 26.2 Å². The van der Waals surface area contributed by atoms with Crippen LogP contribution in [0.15, 0.2) is 22.7 Å². The van der Waals surface area contributed by atoms with E-state index in [1.807, 2.05) is 25.1 Å². The Bertz CT molecular complexity index is 829. The molecule has 0 bridgehead atoms. The summed E-state index contributed by atoms with van der Waals surface area (Å²) in [6.45, 7) is 7.41. The standard InChI is InChI=1S/C19H23BrN2O4/c1-6-26-19(24)16-10(2)17(21-12(16)4)18(23)22-11(3)13-7-8-15(25-5)14(20)9-13/h7-9,11,21H,6H2,1-5H3,(H,22,23). The smallest absolute Gasteiger partial charge is 0.340 e. The Morgan fingerprint density at radius 3 is 2.58 bits per heavy atom. The Morgan fingerprint density at radius 1 is 1.31 bits per heavy atom. The van der Waals surface area contributed by atoms with Crippen LogP contribution in [-0.2, 0) is 4.74 Å². The number of aromatic amines is 1. The van der Waals surface area contributed by atoms with Crippen molar-refractivity contribution in [1.82, 2.24) is 10.3 Å². The Kier molecular flexibility index (Phi) is 6.47. The highest BCUT2D eigenvalue weighted by Crippen LogP contribution is 2.28. The zero-order chi connectivity index (χ0) is 19.4. The summed E-state index contributed by atoms with van der Waals surface area (Å²) in [4.78, 5) is 27.7. The molecule has 2 aromatic rings. The van der Waals surface area contributed by atoms with Crippen molar-refractivity contribution in [3.63, 3.8) is 0 Å². The van der Waals surface area contributed by atoms with Gasteiger partial charge in [0.15, 0.2) is 0 Å². The highest BCUT2D eigenvalue weighted by Gasteiger charge is 2.23. The zero-order valence-corrected chi connectivity index (χ0v) is 17.1. The number of H-pyrrole nitrogens is 1. The number of aryl methyl sites for hydroxylation is 1. The van der Waals surface area contributed by atoms with Crippen LogP contribution >= 0.6 is 15.9 Å². The lowest BCUT2D eigenvalue weighted by atomic mass is 10.1. The summed E-state index contributed by atoms with van der Waals surface area (Å²) in [6, 6.07) is 5.41. The molecule has 7 heteroatoms. The molecule has 0 aliphatic heterocycles. The van der Waals surface area contributed by atoms with E-state index in [0.717, 1.165) is 15.8 Å². The molecule has 0 spiro atoms. The molecule has 140 valence electrons. The van der Waals surface area contributed by atoms with Crippen molar-refractivity contribution in [3.05, 3.63) is 50.8 Å². The third-order valence-corrected chi connectivity index (χ3v) is 4.79. The van der Waals surface area contributed by atoms with Crippen LogP contribution in [0.4, 0.5) is 0 Å². The van der Waals surface area contributed by atoms with E-state index in [-0.39, 0.29) is 18.6 Å². The summed E-state index contributed by atoms with van der Waals surface area (Å²) in [5.74, 6) is 0.0210. The normalized spacial score (nSPS) is 11.8. The number of esters is 1. The molecule has 0 radical (unpaired) electrons. The zero-order valence-electron chi connectivity index (χ0n) is 15.5. The predicted molar refractivity (Wildman–Crippen MR) is 103 cm³/mol. The molecule has 2 rings (SSSR count). The van der Waals surface area contributed by atoms with Gasteiger partial charge in [0, 0.05) is 5.69 Å². The van der Waals surface area contributed by atoms with Gasteiger partial charge in [0.05, 0.1) is 29.8 Å². The Morgan fingerprint density at radius 2 is 2.00 bits per heavy atom. The van der Waals surface area contributed by atoms with E-state index in [9.17, 15) is 9.59 Å². The predicted octanol–water partition coefficient (Wildman–Crippen LogP) is 4.07. The molecule has 1 amide bonds. The van der Waals surface area contributed by atoms with Crippen molar-refractivity contribution in [3.8, 4) is 5.75 Å². The fourth-order valence-corrected chi connectivity index (χ4v) is 3.35. The molecule has 2 N–H and O–H groups in total. The first-order valence-corrected chi connectivity index (χ1v) is 9.10. The van der Waals surface area contributed by atoms with E-state index in [4.69, 9.17) is 9.47 Å². The fourth-order valence-electron chi connectivity index (χ4n) is 2.79. The molecule has 0 aliphatic carbocycles. The first-order valence-electron chi connectivity index (χ1n) is 8.30. The van der Waals surface area contributed by atoms with Gasteiger partial charge in [-0.25, -0.2) is 4.79 Å². The van der Waals surface area contributed by atoms with Crippen molar-refractivity contribution in [1.29, 1.82) is 0 Å². The van der Waals surface area contributed by atoms with Crippen molar-refractivity contribution < 1.29 is 19.1 Å².